The molecule has 0 aliphatic rings. The molecule has 0 saturated heterocycles. The molecule has 1 aromatic heterocycles. The van der Waals surface area contributed by atoms with Gasteiger partial charge in [-0.05, 0) is 25.2 Å². The number of carboxylic acids is 2. The van der Waals surface area contributed by atoms with E-state index in [0.29, 0.717) is 37.6 Å². The maximum absolute atomic E-state index is 10.3. The number of nitrogens with one attached hydrogen (secondary N) is 2. The van der Waals surface area contributed by atoms with Gasteiger partial charge in [-0.3, -0.25) is 14.6 Å². The van der Waals surface area contributed by atoms with Crippen molar-refractivity contribution < 1.29 is 40.8 Å². The van der Waals surface area contributed by atoms with E-state index in [1.54, 1.807) is 18.2 Å². The van der Waals surface area contributed by atoms with E-state index in [-0.39, 0.29) is 12.8 Å². The van der Waals surface area contributed by atoms with Gasteiger partial charge >= 0.3 is 33.0 Å². The maximum atomic E-state index is 10.3. The molecule has 0 aromatic carbocycles. The van der Waals surface area contributed by atoms with E-state index in [1.807, 2.05) is 0 Å². The van der Waals surface area contributed by atoms with Crippen molar-refractivity contribution in [1.82, 2.24) is 4.98 Å². The Kier molecular flexibility index (Phi) is 24.1. The summed E-state index contributed by atoms with van der Waals surface area (Å²) in [7, 11) is 0. The average Bonchev–Trinajstić information content (AvgIpc) is 2.56. The van der Waals surface area contributed by atoms with Gasteiger partial charge in [-0.15, -0.1) is 13.1 Å². The van der Waals surface area contributed by atoms with Crippen LogP contribution in [0.4, 0.5) is 0 Å². The first-order valence-electron chi connectivity index (χ1n) is 6.67. The molecule has 8 N–H and O–H groups in total. The summed E-state index contributed by atoms with van der Waals surface area (Å²) in [4.78, 5) is 24.6. The fraction of sp³-hybridized carbons (Fsp3) is 0.462. The Hall–Kier alpha value is -1.69. The molecule has 1 rings (SSSR count). The molecule has 1 aromatic rings. The Balaban J connectivity index is -0.000000367. The summed E-state index contributed by atoms with van der Waals surface area (Å²) >= 11 is 1.06. The van der Waals surface area contributed by atoms with Crippen LogP contribution < -0.4 is 11.5 Å². The van der Waals surface area contributed by atoms with Gasteiger partial charge in [0.2, 0.25) is 0 Å². The Morgan fingerprint density at radius 3 is 1.46 bits per heavy atom. The van der Waals surface area contributed by atoms with Crippen molar-refractivity contribution in [3.05, 3.63) is 41.1 Å². The summed E-state index contributed by atoms with van der Waals surface area (Å²) in [6, 6.07) is 4.71. The standard InChI is InChI=1S/C9H9NO4.2C2H7N2.O.V/c11-8(12)4-6-2-1-3-7(10-6)5-9(13)14;2*3-1-2-4;;/h1-3H,4-5H2,(H,11,12)(H,13,14);2*3H,1-2,4H2;;/q;2*-1;;+2. The third-order valence-electron chi connectivity index (χ3n) is 1.82. The molecule has 0 bridgehead atoms. The molecular weight excluding hydrogens is 357 g/mol. The van der Waals surface area contributed by atoms with Crippen LogP contribution in [0.2, 0.25) is 0 Å². The van der Waals surface area contributed by atoms with Crippen LogP contribution in [0, 0.1) is 0 Å². The van der Waals surface area contributed by atoms with Crippen molar-refractivity contribution in [3.63, 3.8) is 0 Å². The van der Waals surface area contributed by atoms with Crippen molar-refractivity contribution >= 4 is 11.9 Å². The van der Waals surface area contributed by atoms with Gasteiger partial charge in [0.1, 0.15) is 0 Å². The monoisotopic (exact) mass is 380 g/mol. The fourth-order valence-corrected chi connectivity index (χ4v) is 1.04. The number of rotatable bonds is 6. The topological polar surface area (TPSA) is 204 Å². The van der Waals surface area contributed by atoms with Crippen LogP contribution in [0.25, 0.3) is 11.5 Å². The number of hydrogen-bond donors (Lipinski definition) is 4. The molecule has 0 fully saturated rings. The van der Waals surface area contributed by atoms with Gasteiger partial charge in [-0.2, -0.15) is 0 Å². The van der Waals surface area contributed by atoms with Crippen molar-refractivity contribution in [2.24, 2.45) is 11.5 Å². The normalized spacial score (nSPS) is 8.42. The number of aliphatic carboxylic acids is 2. The summed E-state index contributed by atoms with van der Waals surface area (Å²) in [6.07, 6.45) is -0.374. The van der Waals surface area contributed by atoms with Gasteiger partial charge in [0, 0.05) is 0 Å². The SMILES string of the molecule is O=C(O)Cc1cccc(CC(=O)O)n1.[NH-]CCN.[NH-]CCN.[O]=[V+2]. The van der Waals surface area contributed by atoms with E-state index >= 15 is 0 Å². The van der Waals surface area contributed by atoms with Gasteiger partial charge < -0.3 is 33.1 Å². The predicted octanol–water partition coefficient (Wildman–Crippen LogP) is 0.209. The molecule has 0 aliphatic heterocycles. The van der Waals surface area contributed by atoms with E-state index in [2.05, 4.69) is 4.98 Å². The summed E-state index contributed by atoms with van der Waals surface area (Å²) in [5.74, 6) is -1.96. The Morgan fingerprint density at radius 2 is 1.25 bits per heavy atom. The van der Waals surface area contributed by atoms with Gasteiger partial charge in [0.15, 0.2) is 0 Å². The second-order valence-corrected chi connectivity index (χ2v) is 3.84. The summed E-state index contributed by atoms with van der Waals surface area (Å²) in [5, 5.41) is 17.0. The third kappa shape index (κ3) is 22.6. The van der Waals surface area contributed by atoms with Crippen LogP contribution in [-0.2, 0) is 43.5 Å². The molecule has 10 nitrogen and oxygen atoms in total. The van der Waals surface area contributed by atoms with E-state index in [1.165, 1.54) is 0 Å². The predicted molar refractivity (Wildman–Crippen MR) is 84.1 cm³/mol. The molecule has 0 amide bonds. The fourth-order valence-electron chi connectivity index (χ4n) is 1.04. The van der Waals surface area contributed by atoms with Crippen LogP contribution in [0.3, 0.4) is 0 Å². The zero-order chi connectivity index (χ0) is 19.4. The number of pyridine rings is 1. The molecule has 135 valence electrons. The van der Waals surface area contributed by atoms with Gasteiger partial charge in [-0.25, -0.2) is 0 Å². The summed E-state index contributed by atoms with van der Waals surface area (Å²) < 4.78 is 8.19. The number of carbonyl (C=O) groups is 2. The minimum atomic E-state index is -0.982. The molecule has 1 heterocycles. The molecule has 0 spiro atoms. The van der Waals surface area contributed by atoms with Crippen LogP contribution in [0.1, 0.15) is 11.4 Å². The Bertz CT molecular complexity index is 411. The molecule has 0 aliphatic carbocycles. The molecule has 0 unspecified atom stereocenters. The summed E-state index contributed by atoms with van der Waals surface area (Å²) in [6.45, 7) is 1.67. The Labute approximate surface area is 149 Å². The van der Waals surface area contributed by atoms with E-state index < -0.39 is 11.9 Å². The second kappa shape index (κ2) is 21.3. The molecule has 0 radical (unpaired) electrons. The quantitative estimate of drug-likeness (QED) is 0.535. The number of nitrogens with zero attached hydrogens (tertiary/aromatic N) is 1. The molecular formula is C13H23N5O5V. The van der Waals surface area contributed by atoms with Crippen molar-refractivity contribution in [2.45, 2.75) is 12.8 Å². The van der Waals surface area contributed by atoms with E-state index in [0.717, 1.165) is 17.4 Å². The number of carboxylic acid groups (broad SMARTS) is 2. The first-order valence-corrected chi connectivity index (χ1v) is 7.24. The van der Waals surface area contributed by atoms with E-state index in [4.69, 9.17) is 36.8 Å². The molecule has 11 heteroatoms. The molecule has 24 heavy (non-hydrogen) atoms. The van der Waals surface area contributed by atoms with Crippen LogP contribution in [0.5, 0.6) is 0 Å². The van der Waals surface area contributed by atoms with Gasteiger partial charge in [0.25, 0.3) is 0 Å². The number of hydrogen-bond acceptors (Lipinski definition) is 6. The number of nitrogens with two attached hydrogens (primary N) is 2. The van der Waals surface area contributed by atoms with Crippen molar-refractivity contribution in [2.75, 3.05) is 26.2 Å². The minimum absolute atomic E-state index is 0.187. The number of aromatic nitrogens is 1. The summed E-state index contributed by atoms with van der Waals surface area (Å²) in [5.41, 5.74) is 23.1. The van der Waals surface area contributed by atoms with Crippen LogP contribution in [-0.4, -0.2) is 53.3 Å². The van der Waals surface area contributed by atoms with Crippen LogP contribution in [0.15, 0.2) is 18.2 Å². The van der Waals surface area contributed by atoms with Crippen molar-refractivity contribution in [1.29, 1.82) is 0 Å². The average molecular weight is 380 g/mol. The van der Waals surface area contributed by atoms with Crippen LogP contribution >= 0.6 is 0 Å². The first-order chi connectivity index (χ1) is 11.4. The second-order valence-electron chi connectivity index (χ2n) is 3.84. The zero-order valence-electron chi connectivity index (χ0n) is 13.1. The zero-order valence-corrected chi connectivity index (χ0v) is 14.5. The van der Waals surface area contributed by atoms with Gasteiger partial charge in [-0.1, -0.05) is 6.07 Å². The van der Waals surface area contributed by atoms with E-state index in [9.17, 15) is 9.59 Å². The third-order valence-corrected chi connectivity index (χ3v) is 1.82. The Morgan fingerprint density at radius 1 is 0.958 bits per heavy atom. The van der Waals surface area contributed by atoms with Gasteiger partial charge in [0.05, 0.1) is 24.2 Å². The first kappa shape index (κ1) is 27.2. The molecule has 0 atom stereocenters. The van der Waals surface area contributed by atoms with Crippen molar-refractivity contribution in [3.8, 4) is 0 Å². The molecule has 0 saturated carbocycles.